The van der Waals surface area contributed by atoms with Gasteiger partial charge in [0.25, 0.3) is 0 Å². The highest BCUT2D eigenvalue weighted by Crippen LogP contribution is 2.32. The van der Waals surface area contributed by atoms with E-state index in [1.54, 1.807) is 6.07 Å². The topological polar surface area (TPSA) is 41.6 Å². The van der Waals surface area contributed by atoms with Crippen LogP contribution in [0.5, 0.6) is 0 Å². The molecule has 0 spiro atoms. The van der Waals surface area contributed by atoms with E-state index in [2.05, 4.69) is 4.99 Å². The van der Waals surface area contributed by atoms with Gasteiger partial charge in [0, 0.05) is 30.0 Å². The molecule has 0 aliphatic carbocycles. The summed E-state index contributed by atoms with van der Waals surface area (Å²) in [5.74, 6) is 2.52. The van der Waals surface area contributed by atoms with Gasteiger partial charge < -0.3 is 10.6 Å². The molecule has 0 saturated carbocycles. The van der Waals surface area contributed by atoms with E-state index in [9.17, 15) is 13.2 Å². The zero-order valence-corrected chi connectivity index (χ0v) is 14.2. The summed E-state index contributed by atoms with van der Waals surface area (Å²) in [6, 6.07) is 5.43. The summed E-state index contributed by atoms with van der Waals surface area (Å²) < 4.78 is 38.6. The third-order valence-corrected chi connectivity index (χ3v) is 4.89. The summed E-state index contributed by atoms with van der Waals surface area (Å²) in [6.45, 7) is 5.84. The Kier molecular flexibility index (Phi) is 5.49. The average molecular weight is 345 g/mol. The maximum Gasteiger partial charge on any atom is 0.416 e. The minimum atomic E-state index is -4.33. The summed E-state index contributed by atoms with van der Waals surface area (Å²) in [7, 11) is 0. The first kappa shape index (κ1) is 18.0. The van der Waals surface area contributed by atoms with Gasteiger partial charge in [-0.3, -0.25) is 4.99 Å². The molecule has 23 heavy (non-hydrogen) atoms. The van der Waals surface area contributed by atoms with Crippen LogP contribution in [0.4, 0.5) is 13.2 Å². The Morgan fingerprint density at radius 1 is 1.22 bits per heavy atom. The van der Waals surface area contributed by atoms with Gasteiger partial charge >= 0.3 is 6.18 Å². The second-order valence-corrected chi connectivity index (χ2v) is 7.46. The Bertz CT molecular complexity index is 564. The first-order valence-corrected chi connectivity index (χ1v) is 8.66. The summed E-state index contributed by atoms with van der Waals surface area (Å²) in [4.78, 5) is 6.44. The van der Waals surface area contributed by atoms with Gasteiger partial charge in [0.05, 0.1) is 12.1 Å². The molecule has 2 rings (SSSR count). The van der Waals surface area contributed by atoms with Gasteiger partial charge in [-0.2, -0.15) is 24.9 Å². The lowest BCUT2D eigenvalue weighted by Crippen LogP contribution is -2.43. The minimum Gasteiger partial charge on any atom is -0.370 e. The minimum absolute atomic E-state index is 0.351. The van der Waals surface area contributed by atoms with Gasteiger partial charge in [-0.1, -0.05) is 32.0 Å². The molecular weight excluding hydrogens is 323 g/mol. The van der Waals surface area contributed by atoms with Crippen LogP contribution in [0.2, 0.25) is 0 Å². The number of halogens is 3. The van der Waals surface area contributed by atoms with Gasteiger partial charge in [0.2, 0.25) is 0 Å². The Morgan fingerprint density at radius 3 is 2.43 bits per heavy atom. The molecule has 0 radical (unpaired) electrons. The number of thioether (sulfide) groups is 1. The Labute approximate surface area is 139 Å². The molecule has 128 valence electrons. The monoisotopic (exact) mass is 345 g/mol. The van der Waals surface area contributed by atoms with E-state index in [-0.39, 0.29) is 0 Å². The van der Waals surface area contributed by atoms with Gasteiger partial charge in [0.1, 0.15) is 0 Å². The molecule has 0 amide bonds. The Morgan fingerprint density at radius 2 is 1.83 bits per heavy atom. The van der Waals surface area contributed by atoms with Crippen LogP contribution in [-0.2, 0) is 11.6 Å². The third kappa shape index (κ3) is 4.80. The molecule has 0 unspecified atom stereocenters. The van der Waals surface area contributed by atoms with Crippen molar-refractivity contribution in [3.05, 3.63) is 35.4 Å². The number of hydrogen-bond acceptors (Lipinski definition) is 2. The van der Waals surface area contributed by atoms with E-state index in [1.807, 2.05) is 30.5 Å². The number of nitrogens with two attached hydrogens (primary N) is 1. The van der Waals surface area contributed by atoms with Crippen LogP contribution < -0.4 is 5.73 Å². The first-order valence-electron chi connectivity index (χ1n) is 7.50. The molecule has 1 saturated heterocycles. The largest absolute Gasteiger partial charge is 0.416 e. The van der Waals surface area contributed by atoms with Gasteiger partial charge in [0.15, 0.2) is 5.96 Å². The normalized spacial score (nSPS) is 17.4. The zero-order chi connectivity index (χ0) is 17.1. The van der Waals surface area contributed by atoms with Crippen molar-refractivity contribution in [1.82, 2.24) is 4.90 Å². The lowest BCUT2D eigenvalue weighted by Gasteiger charge is -2.29. The van der Waals surface area contributed by atoms with Crippen molar-refractivity contribution in [1.29, 1.82) is 0 Å². The highest BCUT2D eigenvalue weighted by molar-refractivity contribution is 7.99. The number of nitrogens with zero attached hydrogens (tertiary/aromatic N) is 2. The highest BCUT2D eigenvalue weighted by Gasteiger charge is 2.32. The van der Waals surface area contributed by atoms with Crippen molar-refractivity contribution in [2.24, 2.45) is 10.7 Å². The fourth-order valence-electron chi connectivity index (χ4n) is 2.38. The first-order chi connectivity index (χ1) is 10.7. The molecule has 1 aromatic carbocycles. The van der Waals surface area contributed by atoms with Gasteiger partial charge in [-0.15, -0.1) is 0 Å². The standard InChI is InChI=1S/C16H22F3N3S/c1-15(2,11-21-14(20)22-6-8-23-9-7-22)12-4-3-5-13(10-12)16(17,18)19/h3-5,10H,6-9,11H2,1-2H3,(H2,20,21). The summed E-state index contributed by atoms with van der Waals surface area (Å²) in [6.07, 6.45) is -4.33. The second-order valence-electron chi connectivity index (χ2n) is 6.24. The molecule has 0 atom stereocenters. The fraction of sp³-hybridized carbons (Fsp3) is 0.562. The molecule has 1 aliphatic rings. The summed E-state index contributed by atoms with van der Waals surface area (Å²) in [5.41, 5.74) is 5.48. The summed E-state index contributed by atoms with van der Waals surface area (Å²) in [5, 5.41) is 0. The molecule has 2 N–H and O–H groups in total. The lowest BCUT2D eigenvalue weighted by molar-refractivity contribution is -0.137. The van der Waals surface area contributed by atoms with E-state index in [1.165, 1.54) is 12.1 Å². The van der Waals surface area contributed by atoms with E-state index in [4.69, 9.17) is 5.73 Å². The molecule has 3 nitrogen and oxygen atoms in total. The van der Waals surface area contributed by atoms with Crippen LogP contribution in [0.1, 0.15) is 25.0 Å². The predicted octanol–water partition coefficient (Wildman–Crippen LogP) is 3.35. The van der Waals surface area contributed by atoms with Crippen LogP contribution >= 0.6 is 11.8 Å². The molecule has 1 aliphatic heterocycles. The fourth-order valence-corrected chi connectivity index (χ4v) is 3.28. The molecule has 1 heterocycles. The predicted molar refractivity (Wildman–Crippen MR) is 89.9 cm³/mol. The SMILES string of the molecule is CC(C)(CN=C(N)N1CCSCC1)c1cccc(C(F)(F)F)c1. The number of aliphatic imine (C=N–C) groups is 1. The molecule has 1 aromatic rings. The van der Waals surface area contributed by atoms with Gasteiger partial charge in [-0.05, 0) is 11.6 Å². The van der Waals surface area contributed by atoms with Crippen molar-refractivity contribution in [3.8, 4) is 0 Å². The Balaban J connectivity index is 2.12. The van der Waals surface area contributed by atoms with Crippen LogP contribution in [0.25, 0.3) is 0 Å². The average Bonchev–Trinajstić information content (AvgIpc) is 2.53. The smallest absolute Gasteiger partial charge is 0.370 e. The lowest BCUT2D eigenvalue weighted by atomic mass is 9.84. The molecule has 0 aromatic heterocycles. The summed E-state index contributed by atoms with van der Waals surface area (Å²) >= 11 is 1.88. The number of benzene rings is 1. The third-order valence-electron chi connectivity index (χ3n) is 3.94. The van der Waals surface area contributed by atoms with Crippen molar-refractivity contribution in [2.75, 3.05) is 31.1 Å². The van der Waals surface area contributed by atoms with Crippen molar-refractivity contribution < 1.29 is 13.2 Å². The van der Waals surface area contributed by atoms with Crippen molar-refractivity contribution in [2.45, 2.75) is 25.4 Å². The van der Waals surface area contributed by atoms with E-state index in [0.717, 1.165) is 30.7 Å². The number of rotatable bonds is 3. The van der Waals surface area contributed by atoms with Crippen molar-refractivity contribution >= 4 is 17.7 Å². The van der Waals surface area contributed by atoms with Crippen LogP contribution in [0.15, 0.2) is 29.3 Å². The number of hydrogen-bond donors (Lipinski definition) is 1. The van der Waals surface area contributed by atoms with Crippen LogP contribution in [-0.4, -0.2) is 42.0 Å². The quantitative estimate of drug-likeness (QED) is 0.675. The van der Waals surface area contributed by atoms with Crippen LogP contribution in [0, 0.1) is 0 Å². The van der Waals surface area contributed by atoms with E-state index < -0.39 is 17.2 Å². The number of guanidine groups is 1. The second kappa shape index (κ2) is 7.03. The Hall–Kier alpha value is -1.37. The van der Waals surface area contributed by atoms with Crippen molar-refractivity contribution in [3.63, 3.8) is 0 Å². The maximum absolute atomic E-state index is 12.9. The zero-order valence-electron chi connectivity index (χ0n) is 13.4. The van der Waals surface area contributed by atoms with Gasteiger partial charge in [-0.25, -0.2) is 0 Å². The van der Waals surface area contributed by atoms with E-state index >= 15 is 0 Å². The van der Waals surface area contributed by atoms with Crippen LogP contribution in [0.3, 0.4) is 0 Å². The van der Waals surface area contributed by atoms with E-state index in [0.29, 0.717) is 18.1 Å². The number of alkyl halides is 3. The molecule has 0 bridgehead atoms. The molecular formula is C16H22F3N3S. The maximum atomic E-state index is 12.9. The molecule has 1 fully saturated rings. The molecule has 7 heteroatoms. The highest BCUT2D eigenvalue weighted by atomic mass is 32.2.